The Hall–Kier alpha value is -4.35. The summed E-state index contributed by atoms with van der Waals surface area (Å²) in [4.78, 5) is 24.7. The van der Waals surface area contributed by atoms with Gasteiger partial charge in [0.2, 0.25) is 0 Å². The van der Waals surface area contributed by atoms with Crippen molar-refractivity contribution in [3.05, 3.63) is 66.6 Å². The molecule has 0 aliphatic carbocycles. The third kappa shape index (κ3) is 3.53. The molecule has 2 heterocycles. The lowest BCUT2D eigenvalue weighted by Crippen LogP contribution is -2.16. The number of benzene rings is 1. The normalized spacial score (nSPS) is 10.3. The van der Waals surface area contributed by atoms with E-state index >= 15 is 0 Å². The van der Waals surface area contributed by atoms with E-state index in [1.165, 1.54) is 18.0 Å². The van der Waals surface area contributed by atoms with E-state index in [1.807, 2.05) is 6.07 Å². The minimum Gasteiger partial charge on any atom is -0.496 e. The molecule has 2 aromatic heterocycles. The molecule has 3 rings (SSSR count). The van der Waals surface area contributed by atoms with Crippen LogP contribution in [0.1, 0.15) is 16.7 Å². The fourth-order valence-corrected chi connectivity index (χ4v) is 3.18. The average Bonchev–Trinajstić information content (AvgIpc) is 3.07. The third-order valence-electron chi connectivity index (χ3n) is 4.24. The average molecular weight is 426 g/mol. The van der Waals surface area contributed by atoms with Crippen molar-refractivity contribution in [3.8, 4) is 29.0 Å². The fraction of sp³-hybridized carbons (Fsp3) is 0.111. The van der Waals surface area contributed by atoms with E-state index in [2.05, 4.69) is 10.1 Å². The number of anilines is 1. The molecular formula is C18H12ClN7O4. The summed E-state index contributed by atoms with van der Waals surface area (Å²) in [6.45, 7) is 0.0347. The van der Waals surface area contributed by atoms with Gasteiger partial charge in [-0.3, -0.25) is 4.79 Å². The van der Waals surface area contributed by atoms with E-state index in [0.717, 1.165) is 0 Å². The highest BCUT2D eigenvalue weighted by Gasteiger charge is 2.22. The zero-order chi connectivity index (χ0) is 22.0. The number of hydrogen-bond donors (Lipinski definition) is 2. The van der Waals surface area contributed by atoms with Crippen molar-refractivity contribution in [1.29, 1.82) is 10.5 Å². The van der Waals surface area contributed by atoms with Gasteiger partial charge in [-0.1, -0.05) is 17.7 Å². The number of aromatic amines is 1. The molecule has 0 amide bonds. The molecule has 30 heavy (non-hydrogen) atoms. The standard InChI is InChI=1S/C18H12ClN7O4/c1-30-14-3-2-9(15-11(5-20)16(22)23-18(27)12(15)6-21)4-10(14)7-25-8-13(19)17(24-25)26(28)29/h2-4,8H,7H2,1H3,(H3,22,23,27). The quantitative estimate of drug-likeness (QED) is 0.461. The summed E-state index contributed by atoms with van der Waals surface area (Å²) < 4.78 is 6.58. The van der Waals surface area contributed by atoms with Crippen molar-refractivity contribution < 1.29 is 9.66 Å². The predicted molar refractivity (Wildman–Crippen MR) is 106 cm³/mol. The van der Waals surface area contributed by atoms with Gasteiger partial charge in [-0.15, -0.1) is 0 Å². The Morgan fingerprint density at radius 3 is 2.63 bits per heavy atom. The summed E-state index contributed by atoms with van der Waals surface area (Å²) in [5.41, 5.74) is 5.66. The van der Waals surface area contributed by atoms with Crippen LogP contribution in [-0.2, 0) is 6.54 Å². The zero-order valence-corrected chi connectivity index (χ0v) is 16.1. The van der Waals surface area contributed by atoms with Crippen LogP contribution in [0.5, 0.6) is 5.75 Å². The van der Waals surface area contributed by atoms with Crippen molar-refractivity contribution in [2.45, 2.75) is 6.54 Å². The molecule has 1 aromatic carbocycles. The summed E-state index contributed by atoms with van der Waals surface area (Å²) in [6, 6.07) is 8.41. The molecule has 0 aliphatic heterocycles. The van der Waals surface area contributed by atoms with Crippen LogP contribution in [0.25, 0.3) is 11.1 Å². The maximum atomic E-state index is 12.2. The van der Waals surface area contributed by atoms with Gasteiger partial charge in [0.05, 0.1) is 25.0 Å². The largest absolute Gasteiger partial charge is 0.496 e. The van der Waals surface area contributed by atoms with E-state index in [1.54, 1.807) is 24.3 Å². The minimum atomic E-state index is -0.726. The number of nitrogens with one attached hydrogen (secondary N) is 1. The number of halogens is 1. The summed E-state index contributed by atoms with van der Waals surface area (Å²) in [7, 11) is 1.43. The summed E-state index contributed by atoms with van der Waals surface area (Å²) >= 11 is 5.84. The highest BCUT2D eigenvalue weighted by Crippen LogP contribution is 2.32. The van der Waals surface area contributed by atoms with E-state index in [-0.39, 0.29) is 34.1 Å². The van der Waals surface area contributed by atoms with Crippen LogP contribution in [-0.4, -0.2) is 26.8 Å². The van der Waals surface area contributed by atoms with Crippen LogP contribution in [0.15, 0.2) is 29.2 Å². The van der Waals surface area contributed by atoms with Gasteiger partial charge >= 0.3 is 5.82 Å². The zero-order valence-electron chi connectivity index (χ0n) is 15.3. The van der Waals surface area contributed by atoms with Gasteiger partial charge in [0, 0.05) is 11.1 Å². The van der Waals surface area contributed by atoms with Crippen LogP contribution in [0.3, 0.4) is 0 Å². The van der Waals surface area contributed by atoms with Gasteiger partial charge in [-0.2, -0.15) is 15.2 Å². The molecule has 150 valence electrons. The molecule has 3 aromatic rings. The van der Waals surface area contributed by atoms with Crippen LogP contribution < -0.4 is 16.0 Å². The molecule has 11 nitrogen and oxygen atoms in total. The molecule has 0 atom stereocenters. The number of methoxy groups -OCH3 is 1. The molecule has 0 unspecified atom stereocenters. The van der Waals surface area contributed by atoms with Gasteiger partial charge in [-0.25, -0.2) is 0 Å². The van der Waals surface area contributed by atoms with E-state index in [0.29, 0.717) is 16.9 Å². The Bertz CT molecular complexity index is 1310. The lowest BCUT2D eigenvalue weighted by molar-refractivity contribution is -0.389. The number of nitrogen functional groups attached to an aromatic ring is 1. The first-order chi connectivity index (χ1) is 14.3. The highest BCUT2D eigenvalue weighted by molar-refractivity contribution is 6.32. The highest BCUT2D eigenvalue weighted by atomic mass is 35.5. The minimum absolute atomic E-state index is 0.0347. The van der Waals surface area contributed by atoms with Gasteiger partial charge in [0.15, 0.2) is 5.02 Å². The Labute approximate surface area is 173 Å². The van der Waals surface area contributed by atoms with Crippen molar-refractivity contribution in [3.63, 3.8) is 0 Å². The van der Waals surface area contributed by atoms with Crippen LogP contribution in [0.2, 0.25) is 5.02 Å². The van der Waals surface area contributed by atoms with Crippen molar-refractivity contribution in [1.82, 2.24) is 14.8 Å². The molecule has 12 heteroatoms. The van der Waals surface area contributed by atoms with Gasteiger partial charge in [0.1, 0.15) is 34.8 Å². The second-order valence-corrected chi connectivity index (χ2v) is 6.41. The maximum Gasteiger partial charge on any atom is 0.408 e. The number of rotatable bonds is 5. The first kappa shape index (κ1) is 20.4. The first-order valence-electron chi connectivity index (χ1n) is 8.21. The predicted octanol–water partition coefficient (Wildman–Crippen LogP) is 2.18. The number of nitro groups is 1. The molecule has 0 fully saturated rings. The van der Waals surface area contributed by atoms with Gasteiger partial charge in [0.25, 0.3) is 5.56 Å². The second-order valence-electron chi connectivity index (χ2n) is 6.00. The SMILES string of the molecule is COc1ccc(-c2c(C#N)c(N)[nH]c(=O)c2C#N)cc1Cn1cc(Cl)c([N+](=O)[O-])n1. The molecule has 0 bridgehead atoms. The topological polar surface area (TPSA) is 177 Å². The van der Waals surface area contributed by atoms with Crippen LogP contribution in [0.4, 0.5) is 11.6 Å². The Morgan fingerprint density at radius 1 is 1.37 bits per heavy atom. The van der Waals surface area contributed by atoms with Gasteiger partial charge in [-0.05, 0) is 22.6 Å². The smallest absolute Gasteiger partial charge is 0.408 e. The van der Waals surface area contributed by atoms with Crippen LogP contribution in [0, 0.1) is 32.8 Å². The summed E-state index contributed by atoms with van der Waals surface area (Å²) in [5, 5.41) is 33.6. The fourth-order valence-electron chi connectivity index (χ4n) is 2.96. The Kier molecular flexibility index (Phi) is 5.40. The number of hydrogen-bond acceptors (Lipinski definition) is 8. The lowest BCUT2D eigenvalue weighted by atomic mass is 9.95. The van der Waals surface area contributed by atoms with Crippen molar-refractivity contribution >= 4 is 23.2 Å². The number of H-pyrrole nitrogens is 1. The molecule has 0 saturated carbocycles. The molecule has 0 aliphatic rings. The second kappa shape index (κ2) is 7.95. The molecule has 0 spiro atoms. The van der Waals surface area contributed by atoms with E-state index in [4.69, 9.17) is 22.1 Å². The first-order valence-corrected chi connectivity index (χ1v) is 8.59. The Morgan fingerprint density at radius 2 is 2.07 bits per heavy atom. The maximum absolute atomic E-state index is 12.2. The van der Waals surface area contributed by atoms with E-state index < -0.39 is 16.3 Å². The van der Waals surface area contributed by atoms with Gasteiger partial charge < -0.3 is 25.6 Å². The lowest BCUT2D eigenvalue weighted by Gasteiger charge is -2.13. The van der Waals surface area contributed by atoms with Crippen molar-refractivity contribution in [2.75, 3.05) is 12.8 Å². The number of pyridine rings is 1. The van der Waals surface area contributed by atoms with Crippen molar-refractivity contribution in [2.24, 2.45) is 0 Å². The number of nitrogens with zero attached hydrogens (tertiary/aromatic N) is 5. The number of aromatic nitrogens is 3. The number of ether oxygens (including phenoxy) is 1. The summed E-state index contributed by atoms with van der Waals surface area (Å²) in [5.74, 6) is -0.237. The molecule has 3 N–H and O–H groups in total. The number of nitrogens with two attached hydrogens (primary N) is 1. The number of nitriles is 2. The monoisotopic (exact) mass is 425 g/mol. The summed E-state index contributed by atoms with van der Waals surface area (Å²) in [6.07, 6.45) is 1.29. The molecular weight excluding hydrogens is 414 g/mol. The molecule has 0 radical (unpaired) electrons. The molecule has 0 saturated heterocycles. The Balaban J connectivity index is 2.19. The third-order valence-corrected chi connectivity index (χ3v) is 4.51. The van der Waals surface area contributed by atoms with Crippen LogP contribution >= 0.6 is 11.6 Å². The van der Waals surface area contributed by atoms with E-state index in [9.17, 15) is 25.4 Å².